The quantitative estimate of drug-likeness (QED) is 0.698. The number of hydrogen-bond donors (Lipinski definition) is 2. The summed E-state index contributed by atoms with van der Waals surface area (Å²) in [7, 11) is 0. The number of benzene rings is 1. The SMILES string of the molecule is CC1C=C(n2c3c(c4ncnc(N)c42)CCC3)C=CC1NC(=O)Oc1ccccc1. The highest BCUT2D eigenvalue weighted by Crippen LogP contribution is 2.37. The van der Waals surface area contributed by atoms with Crippen molar-refractivity contribution >= 4 is 28.6 Å². The minimum atomic E-state index is -0.468. The minimum Gasteiger partial charge on any atom is -0.410 e. The van der Waals surface area contributed by atoms with Gasteiger partial charge in [0, 0.05) is 17.3 Å². The van der Waals surface area contributed by atoms with E-state index in [0.717, 1.165) is 36.0 Å². The first-order chi connectivity index (χ1) is 14.6. The van der Waals surface area contributed by atoms with Crippen LogP contribution in [0.25, 0.3) is 16.7 Å². The average Bonchev–Trinajstić information content (AvgIpc) is 3.32. The Labute approximate surface area is 174 Å². The number of anilines is 1. The maximum Gasteiger partial charge on any atom is 0.413 e. The second-order valence-electron chi connectivity index (χ2n) is 7.75. The van der Waals surface area contributed by atoms with Crippen molar-refractivity contribution < 1.29 is 9.53 Å². The van der Waals surface area contributed by atoms with Crippen molar-refractivity contribution in [2.45, 2.75) is 32.2 Å². The predicted molar refractivity (Wildman–Crippen MR) is 116 cm³/mol. The number of aryl methyl sites for hydroxylation is 1. The number of fused-ring (bicyclic) bond motifs is 3. The number of aromatic nitrogens is 3. The molecule has 5 rings (SSSR count). The standard InChI is InChI=1S/C23H23N5O2/c1-14-12-15(10-11-18(14)27-23(29)30-16-6-3-2-4-7-16)28-19-9-5-8-17(19)20-21(28)22(24)26-13-25-20/h2-4,6-7,10-14,18H,5,8-9H2,1H3,(H,27,29)(H2,24,25,26). The van der Waals surface area contributed by atoms with Crippen molar-refractivity contribution in [2.75, 3.05) is 5.73 Å². The van der Waals surface area contributed by atoms with E-state index in [4.69, 9.17) is 10.5 Å². The molecule has 0 aliphatic heterocycles. The molecule has 3 aromatic rings. The fourth-order valence-electron chi connectivity index (χ4n) is 4.38. The molecule has 3 N–H and O–H groups in total. The number of allylic oxidation sites excluding steroid dienone is 2. The molecule has 2 heterocycles. The zero-order chi connectivity index (χ0) is 20.7. The van der Waals surface area contributed by atoms with Crippen LogP contribution in [0.15, 0.2) is 54.9 Å². The minimum absolute atomic E-state index is 0.0775. The number of rotatable bonds is 3. The van der Waals surface area contributed by atoms with Crippen LogP contribution in [0, 0.1) is 5.92 Å². The molecule has 2 atom stereocenters. The summed E-state index contributed by atoms with van der Waals surface area (Å²) in [4.78, 5) is 21.0. The van der Waals surface area contributed by atoms with Crippen molar-refractivity contribution in [1.82, 2.24) is 19.9 Å². The van der Waals surface area contributed by atoms with Gasteiger partial charge in [0.25, 0.3) is 0 Å². The summed E-state index contributed by atoms with van der Waals surface area (Å²) in [6.45, 7) is 2.07. The van der Waals surface area contributed by atoms with Crippen molar-refractivity contribution in [2.24, 2.45) is 5.92 Å². The van der Waals surface area contributed by atoms with Gasteiger partial charge in [0.2, 0.25) is 0 Å². The smallest absolute Gasteiger partial charge is 0.410 e. The molecule has 2 aliphatic rings. The van der Waals surface area contributed by atoms with E-state index in [1.165, 1.54) is 17.6 Å². The van der Waals surface area contributed by atoms with Crippen molar-refractivity contribution in [1.29, 1.82) is 0 Å². The van der Waals surface area contributed by atoms with E-state index in [1.54, 1.807) is 12.1 Å². The Morgan fingerprint density at radius 1 is 1.23 bits per heavy atom. The molecule has 2 aromatic heterocycles. The lowest BCUT2D eigenvalue weighted by atomic mass is 9.95. The first kappa shape index (κ1) is 18.4. The summed E-state index contributed by atoms with van der Waals surface area (Å²) in [5.74, 6) is 1.08. The van der Waals surface area contributed by atoms with E-state index in [9.17, 15) is 4.79 Å². The number of ether oxygens (including phenoxy) is 1. The van der Waals surface area contributed by atoms with Gasteiger partial charge in [0.1, 0.15) is 17.6 Å². The molecule has 0 radical (unpaired) electrons. The van der Waals surface area contributed by atoms with E-state index < -0.39 is 6.09 Å². The summed E-state index contributed by atoms with van der Waals surface area (Å²) in [6, 6.07) is 8.88. The number of amides is 1. The number of nitrogens with two attached hydrogens (primary N) is 1. The molecule has 7 nitrogen and oxygen atoms in total. The summed E-state index contributed by atoms with van der Waals surface area (Å²) in [6.07, 6.45) is 10.4. The Morgan fingerprint density at radius 2 is 2.07 bits per heavy atom. The van der Waals surface area contributed by atoms with E-state index in [1.807, 2.05) is 30.4 Å². The normalized spacial score (nSPS) is 20.1. The van der Waals surface area contributed by atoms with Gasteiger partial charge in [-0.25, -0.2) is 14.8 Å². The molecule has 7 heteroatoms. The second kappa shape index (κ2) is 7.33. The van der Waals surface area contributed by atoms with Crippen molar-refractivity contribution in [3.63, 3.8) is 0 Å². The molecule has 0 saturated carbocycles. The van der Waals surface area contributed by atoms with Gasteiger partial charge in [-0.3, -0.25) is 0 Å². The molecule has 30 heavy (non-hydrogen) atoms. The zero-order valence-electron chi connectivity index (χ0n) is 16.7. The van der Waals surface area contributed by atoms with Crippen LogP contribution in [-0.2, 0) is 12.8 Å². The van der Waals surface area contributed by atoms with Crippen LogP contribution in [0.2, 0.25) is 0 Å². The number of para-hydroxylation sites is 1. The molecular weight excluding hydrogens is 378 g/mol. The predicted octanol–water partition coefficient (Wildman–Crippen LogP) is 3.71. The van der Waals surface area contributed by atoms with E-state index in [2.05, 4.69) is 32.9 Å². The monoisotopic (exact) mass is 401 g/mol. The van der Waals surface area contributed by atoms with Gasteiger partial charge in [-0.05, 0) is 43.0 Å². The van der Waals surface area contributed by atoms with Gasteiger partial charge in [0.15, 0.2) is 5.82 Å². The number of nitrogens with zero attached hydrogens (tertiary/aromatic N) is 3. The maximum atomic E-state index is 12.3. The molecule has 152 valence electrons. The lowest BCUT2D eigenvalue weighted by Gasteiger charge is -2.25. The van der Waals surface area contributed by atoms with Gasteiger partial charge < -0.3 is 20.4 Å². The fourth-order valence-corrected chi connectivity index (χ4v) is 4.38. The van der Waals surface area contributed by atoms with Crippen LogP contribution in [0.4, 0.5) is 10.6 Å². The third kappa shape index (κ3) is 3.12. The first-order valence-corrected chi connectivity index (χ1v) is 10.2. The molecule has 1 amide bonds. The Kier molecular flexibility index (Phi) is 4.50. The van der Waals surface area contributed by atoms with Crippen molar-refractivity contribution in [3.05, 3.63) is 66.1 Å². The molecule has 2 unspecified atom stereocenters. The highest BCUT2D eigenvalue weighted by molar-refractivity contribution is 5.93. The molecule has 0 fully saturated rings. The number of carbonyl (C=O) groups excluding carboxylic acids is 1. The van der Waals surface area contributed by atoms with Crippen molar-refractivity contribution in [3.8, 4) is 5.75 Å². The third-order valence-electron chi connectivity index (χ3n) is 5.79. The van der Waals surface area contributed by atoms with Gasteiger partial charge in [-0.2, -0.15) is 0 Å². The third-order valence-corrected chi connectivity index (χ3v) is 5.79. The van der Waals surface area contributed by atoms with E-state index >= 15 is 0 Å². The molecule has 0 bridgehead atoms. The lowest BCUT2D eigenvalue weighted by molar-refractivity contribution is 0.196. The number of carbonyl (C=O) groups is 1. The highest BCUT2D eigenvalue weighted by atomic mass is 16.6. The van der Waals surface area contributed by atoms with E-state index in [0.29, 0.717) is 11.6 Å². The summed E-state index contributed by atoms with van der Waals surface area (Å²) < 4.78 is 7.55. The van der Waals surface area contributed by atoms with Gasteiger partial charge in [0.05, 0.1) is 11.6 Å². The Balaban J connectivity index is 1.40. The van der Waals surface area contributed by atoms with Gasteiger partial charge in [-0.15, -0.1) is 0 Å². The van der Waals surface area contributed by atoms with Crippen LogP contribution >= 0.6 is 0 Å². The van der Waals surface area contributed by atoms with Crippen LogP contribution in [0.5, 0.6) is 5.75 Å². The lowest BCUT2D eigenvalue weighted by Crippen LogP contribution is -2.40. The Hall–Kier alpha value is -3.61. The highest BCUT2D eigenvalue weighted by Gasteiger charge is 2.27. The topological polar surface area (TPSA) is 95.1 Å². The number of nitrogen functional groups attached to an aromatic ring is 1. The average molecular weight is 401 g/mol. The van der Waals surface area contributed by atoms with E-state index in [-0.39, 0.29) is 12.0 Å². The molecule has 1 aromatic carbocycles. The van der Waals surface area contributed by atoms with Crippen LogP contribution < -0.4 is 15.8 Å². The first-order valence-electron chi connectivity index (χ1n) is 10.2. The second-order valence-corrected chi connectivity index (χ2v) is 7.75. The van der Waals surface area contributed by atoms with Crippen LogP contribution in [0.1, 0.15) is 24.6 Å². The summed E-state index contributed by atoms with van der Waals surface area (Å²) in [5.41, 5.74) is 11.6. The maximum absolute atomic E-state index is 12.3. The number of hydrogen-bond acceptors (Lipinski definition) is 5. The zero-order valence-corrected chi connectivity index (χ0v) is 16.7. The summed E-state index contributed by atoms with van der Waals surface area (Å²) >= 11 is 0. The Bertz CT molecular complexity index is 1180. The summed E-state index contributed by atoms with van der Waals surface area (Å²) in [5, 5.41) is 2.93. The molecular formula is C23H23N5O2. The largest absolute Gasteiger partial charge is 0.413 e. The van der Waals surface area contributed by atoms with Gasteiger partial charge in [-0.1, -0.05) is 37.3 Å². The molecule has 0 spiro atoms. The van der Waals surface area contributed by atoms with Crippen LogP contribution in [0.3, 0.4) is 0 Å². The number of nitrogens with one attached hydrogen (secondary N) is 1. The molecule has 2 aliphatic carbocycles. The Morgan fingerprint density at radius 3 is 2.87 bits per heavy atom. The van der Waals surface area contributed by atoms with Gasteiger partial charge >= 0.3 is 6.09 Å². The van der Waals surface area contributed by atoms with Crippen LogP contribution in [-0.4, -0.2) is 26.7 Å². The fraction of sp³-hybridized carbons (Fsp3) is 0.261. The molecule has 0 saturated heterocycles.